The van der Waals surface area contributed by atoms with Gasteiger partial charge in [-0.1, -0.05) is 80.2 Å². The third kappa shape index (κ3) is 5.00. The molecule has 0 aliphatic rings. The van der Waals surface area contributed by atoms with Crippen LogP contribution in [0.25, 0.3) is 11.4 Å². The van der Waals surface area contributed by atoms with Gasteiger partial charge in [0.1, 0.15) is 0 Å². The fourth-order valence-corrected chi connectivity index (χ4v) is 4.04. The van der Waals surface area contributed by atoms with Crippen molar-refractivity contribution < 1.29 is 4.79 Å². The first kappa shape index (κ1) is 21.8. The second-order valence-corrected chi connectivity index (χ2v) is 8.53. The Morgan fingerprint density at radius 3 is 2.53 bits per heavy atom. The van der Waals surface area contributed by atoms with Gasteiger partial charge in [-0.25, -0.2) is 0 Å². The van der Waals surface area contributed by atoms with Crippen molar-refractivity contribution in [3.63, 3.8) is 0 Å². The number of anilines is 1. The zero-order valence-electron chi connectivity index (χ0n) is 17.7. The van der Waals surface area contributed by atoms with Gasteiger partial charge in [0, 0.05) is 17.8 Å². The first-order chi connectivity index (χ1) is 14.5. The third-order valence-electron chi connectivity index (χ3n) is 5.07. The number of aromatic nitrogens is 3. The van der Waals surface area contributed by atoms with Crippen molar-refractivity contribution in [2.24, 2.45) is 0 Å². The summed E-state index contributed by atoms with van der Waals surface area (Å²) in [5, 5.41) is 12.2. The number of thioether (sulfide) groups is 1. The van der Waals surface area contributed by atoms with Crippen LogP contribution < -0.4 is 5.32 Å². The van der Waals surface area contributed by atoms with Crippen LogP contribution in [-0.2, 0) is 11.3 Å². The minimum Gasteiger partial charge on any atom is -0.325 e. The van der Waals surface area contributed by atoms with Crippen LogP contribution in [0, 0.1) is 0 Å². The molecule has 2 aromatic carbocycles. The predicted octanol–water partition coefficient (Wildman–Crippen LogP) is 5.76. The molecule has 156 valence electrons. The second kappa shape index (κ2) is 10.3. The third-order valence-corrected chi connectivity index (χ3v) is 6.15. The van der Waals surface area contributed by atoms with Crippen molar-refractivity contribution in [1.29, 1.82) is 0 Å². The number of carbonyl (C=O) groups excluding carboxylic acids is 1. The number of para-hydroxylation sites is 1. The molecular formula is C24H28N4OS. The van der Waals surface area contributed by atoms with Crippen LogP contribution in [0.1, 0.15) is 38.7 Å². The van der Waals surface area contributed by atoms with Crippen LogP contribution in [0.5, 0.6) is 0 Å². The maximum atomic E-state index is 12.9. The van der Waals surface area contributed by atoms with Gasteiger partial charge >= 0.3 is 0 Å². The van der Waals surface area contributed by atoms with E-state index in [4.69, 9.17) is 0 Å². The number of benzene rings is 2. The molecule has 0 aliphatic heterocycles. The van der Waals surface area contributed by atoms with E-state index in [0.717, 1.165) is 29.1 Å². The molecule has 0 spiro atoms. The maximum Gasteiger partial charge on any atom is 0.237 e. The second-order valence-electron chi connectivity index (χ2n) is 7.22. The lowest BCUT2D eigenvalue weighted by Crippen LogP contribution is -2.23. The van der Waals surface area contributed by atoms with Crippen LogP contribution in [0.15, 0.2) is 72.4 Å². The quantitative estimate of drug-likeness (QED) is 0.353. The molecule has 1 amide bonds. The van der Waals surface area contributed by atoms with E-state index in [0.29, 0.717) is 17.6 Å². The number of hydrogen-bond acceptors (Lipinski definition) is 4. The SMILES string of the molecule is C=CCn1c(S[C@H](C)C(=O)Nc2ccccc2[C@@H](C)CC)nnc1-c1ccccc1. The summed E-state index contributed by atoms with van der Waals surface area (Å²) in [4.78, 5) is 12.9. The topological polar surface area (TPSA) is 59.8 Å². The molecule has 0 saturated heterocycles. The zero-order chi connectivity index (χ0) is 21.5. The highest BCUT2D eigenvalue weighted by atomic mass is 32.2. The molecule has 0 unspecified atom stereocenters. The van der Waals surface area contributed by atoms with Gasteiger partial charge in [-0.15, -0.1) is 16.8 Å². The fraction of sp³-hybridized carbons (Fsp3) is 0.292. The molecule has 0 fully saturated rings. The Kier molecular flexibility index (Phi) is 7.46. The molecule has 1 heterocycles. The molecule has 5 nitrogen and oxygen atoms in total. The van der Waals surface area contributed by atoms with Crippen LogP contribution >= 0.6 is 11.8 Å². The number of nitrogens with one attached hydrogen (secondary N) is 1. The van der Waals surface area contributed by atoms with Gasteiger partial charge < -0.3 is 5.32 Å². The van der Waals surface area contributed by atoms with E-state index in [-0.39, 0.29) is 11.2 Å². The number of allylic oxidation sites excluding steroid dienone is 1. The van der Waals surface area contributed by atoms with Crippen molar-refractivity contribution in [2.45, 2.75) is 50.1 Å². The lowest BCUT2D eigenvalue weighted by Gasteiger charge is -2.17. The Labute approximate surface area is 182 Å². The molecule has 0 saturated carbocycles. The van der Waals surface area contributed by atoms with Gasteiger partial charge in [0.15, 0.2) is 11.0 Å². The number of hydrogen-bond donors (Lipinski definition) is 1. The van der Waals surface area contributed by atoms with Crippen LogP contribution in [-0.4, -0.2) is 25.9 Å². The maximum absolute atomic E-state index is 12.9. The van der Waals surface area contributed by atoms with E-state index in [2.05, 4.69) is 42.0 Å². The van der Waals surface area contributed by atoms with E-state index in [1.807, 2.05) is 66.1 Å². The highest BCUT2D eigenvalue weighted by molar-refractivity contribution is 8.00. The monoisotopic (exact) mass is 420 g/mol. The number of amides is 1. The Balaban J connectivity index is 1.78. The van der Waals surface area contributed by atoms with E-state index in [9.17, 15) is 4.79 Å². The highest BCUT2D eigenvalue weighted by Crippen LogP contribution is 2.30. The van der Waals surface area contributed by atoms with Gasteiger partial charge in [-0.3, -0.25) is 9.36 Å². The Morgan fingerprint density at radius 2 is 1.83 bits per heavy atom. The summed E-state index contributed by atoms with van der Waals surface area (Å²) in [6.45, 7) is 10.6. The summed E-state index contributed by atoms with van der Waals surface area (Å²) in [5.74, 6) is 1.10. The molecule has 2 atom stereocenters. The summed E-state index contributed by atoms with van der Waals surface area (Å²) >= 11 is 1.40. The van der Waals surface area contributed by atoms with Crippen LogP contribution in [0.2, 0.25) is 0 Å². The normalized spacial score (nSPS) is 12.9. The summed E-state index contributed by atoms with van der Waals surface area (Å²) in [6, 6.07) is 17.9. The lowest BCUT2D eigenvalue weighted by molar-refractivity contribution is -0.115. The average Bonchev–Trinajstić information content (AvgIpc) is 3.16. The Hall–Kier alpha value is -2.86. The van der Waals surface area contributed by atoms with Gasteiger partial charge in [0.2, 0.25) is 5.91 Å². The minimum absolute atomic E-state index is 0.0508. The van der Waals surface area contributed by atoms with Crippen LogP contribution in [0.3, 0.4) is 0 Å². The first-order valence-corrected chi connectivity index (χ1v) is 11.1. The zero-order valence-corrected chi connectivity index (χ0v) is 18.5. The van der Waals surface area contributed by atoms with Crippen molar-refractivity contribution in [3.05, 3.63) is 72.8 Å². The molecule has 0 bridgehead atoms. The Morgan fingerprint density at radius 1 is 1.13 bits per heavy atom. The van der Waals surface area contributed by atoms with Crippen molar-refractivity contribution in [3.8, 4) is 11.4 Å². The molecule has 1 N–H and O–H groups in total. The number of rotatable bonds is 9. The summed E-state index contributed by atoms with van der Waals surface area (Å²) in [5.41, 5.74) is 3.02. The molecule has 6 heteroatoms. The molecule has 1 aromatic heterocycles. The number of carbonyl (C=O) groups is 1. The molecule has 30 heavy (non-hydrogen) atoms. The van der Waals surface area contributed by atoms with Crippen LogP contribution in [0.4, 0.5) is 5.69 Å². The average molecular weight is 421 g/mol. The molecular weight excluding hydrogens is 392 g/mol. The predicted molar refractivity (Wildman–Crippen MR) is 125 cm³/mol. The largest absolute Gasteiger partial charge is 0.325 e. The highest BCUT2D eigenvalue weighted by Gasteiger charge is 2.21. The smallest absolute Gasteiger partial charge is 0.237 e. The first-order valence-electron chi connectivity index (χ1n) is 10.2. The minimum atomic E-state index is -0.327. The van der Waals surface area contributed by atoms with Gasteiger partial charge in [-0.2, -0.15) is 0 Å². The van der Waals surface area contributed by atoms with Crippen molar-refractivity contribution in [2.75, 3.05) is 5.32 Å². The van der Waals surface area contributed by atoms with Gasteiger partial charge in [0.25, 0.3) is 0 Å². The fourth-order valence-electron chi connectivity index (χ4n) is 3.18. The van der Waals surface area contributed by atoms with E-state index >= 15 is 0 Å². The molecule has 3 aromatic rings. The summed E-state index contributed by atoms with van der Waals surface area (Å²) in [6.07, 6.45) is 2.83. The standard InChI is InChI=1S/C24H28N4OS/c1-5-16-28-22(19-12-8-7-9-13-19)26-27-24(28)30-18(4)23(29)25-21-15-11-10-14-20(21)17(3)6-2/h5,7-15,17-18H,1,6,16H2,2-4H3,(H,25,29)/t17-,18+/m0/s1. The van der Waals surface area contributed by atoms with Crippen molar-refractivity contribution >= 4 is 23.4 Å². The van der Waals surface area contributed by atoms with E-state index in [1.54, 1.807) is 0 Å². The molecule has 3 rings (SSSR count). The van der Waals surface area contributed by atoms with E-state index < -0.39 is 0 Å². The molecule has 0 radical (unpaired) electrons. The number of nitrogens with zero attached hydrogens (tertiary/aromatic N) is 3. The Bertz CT molecular complexity index is 999. The van der Waals surface area contributed by atoms with E-state index in [1.165, 1.54) is 11.8 Å². The van der Waals surface area contributed by atoms with Gasteiger partial charge in [0.05, 0.1) is 5.25 Å². The van der Waals surface area contributed by atoms with Gasteiger partial charge in [-0.05, 0) is 30.9 Å². The summed E-state index contributed by atoms with van der Waals surface area (Å²) in [7, 11) is 0. The van der Waals surface area contributed by atoms with Crippen molar-refractivity contribution in [1.82, 2.24) is 14.8 Å². The summed E-state index contributed by atoms with van der Waals surface area (Å²) < 4.78 is 1.99. The lowest BCUT2D eigenvalue weighted by atomic mass is 9.97. The molecule has 0 aliphatic carbocycles.